The molecule has 0 amide bonds. The van der Waals surface area contributed by atoms with E-state index in [1.807, 2.05) is 0 Å². The number of nitro benzene ring substituents is 2. The quantitative estimate of drug-likeness (QED) is 0.632. The van der Waals surface area contributed by atoms with Crippen molar-refractivity contribution in [2.75, 3.05) is 6.54 Å². The van der Waals surface area contributed by atoms with Crippen molar-refractivity contribution >= 4 is 22.4 Å². The Labute approximate surface area is 100 Å². The molecule has 0 unspecified atom stereocenters. The second-order valence-electron chi connectivity index (χ2n) is 3.57. The fourth-order valence-corrected chi connectivity index (χ4v) is 1.69. The highest BCUT2D eigenvalue weighted by Gasteiger charge is 2.26. The summed E-state index contributed by atoms with van der Waals surface area (Å²) in [4.78, 5) is 23.9. The number of aromatic nitrogens is 2. The van der Waals surface area contributed by atoms with Crippen LogP contribution in [0.2, 0.25) is 0 Å². The molecule has 18 heavy (non-hydrogen) atoms. The highest BCUT2D eigenvalue weighted by atomic mass is 16.6. The number of benzene rings is 1. The lowest BCUT2D eigenvalue weighted by Gasteiger charge is -2.01. The van der Waals surface area contributed by atoms with Crippen molar-refractivity contribution in [2.24, 2.45) is 5.73 Å². The monoisotopic (exact) mass is 251 g/mol. The largest absolute Gasteiger partial charge is 0.348 e. The van der Waals surface area contributed by atoms with E-state index < -0.39 is 21.2 Å². The Morgan fingerprint density at radius 3 is 2.39 bits per heavy atom. The smallest absolute Gasteiger partial charge is 0.329 e. The van der Waals surface area contributed by atoms with Gasteiger partial charge in [-0.2, -0.15) is 0 Å². The summed E-state index contributed by atoms with van der Waals surface area (Å²) in [5, 5.41) is 21.6. The maximum absolute atomic E-state index is 10.8. The van der Waals surface area contributed by atoms with Gasteiger partial charge >= 0.3 is 11.4 Å². The van der Waals surface area contributed by atoms with Crippen molar-refractivity contribution in [3.05, 3.63) is 38.7 Å². The Balaban J connectivity index is 2.70. The van der Waals surface area contributed by atoms with Crippen LogP contribution in [0.1, 0.15) is 0 Å². The molecule has 0 radical (unpaired) electrons. The van der Waals surface area contributed by atoms with Crippen LogP contribution < -0.4 is 5.73 Å². The number of fused-ring (bicyclic) bond motifs is 1. The fourth-order valence-electron chi connectivity index (χ4n) is 1.69. The van der Waals surface area contributed by atoms with Crippen LogP contribution in [0.25, 0.3) is 11.0 Å². The molecule has 0 atom stereocenters. The second kappa shape index (κ2) is 4.37. The molecule has 9 nitrogen and oxygen atoms in total. The molecule has 94 valence electrons. The molecule has 2 N–H and O–H groups in total. The Morgan fingerprint density at radius 2 is 1.83 bits per heavy atom. The van der Waals surface area contributed by atoms with Crippen molar-refractivity contribution in [3.8, 4) is 0 Å². The topological polar surface area (TPSA) is 130 Å². The van der Waals surface area contributed by atoms with Crippen LogP contribution in [0, 0.1) is 20.2 Å². The zero-order valence-electron chi connectivity index (χ0n) is 9.15. The van der Waals surface area contributed by atoms with Gasteiger partial charge in [-0.1, -0.05) is 0 Å². The summed E-state index contributed by atoms with van der Waals surface area (Å²) < 4.78 is 1.62. The van der Waals surface area contributed by atoms with Gasteiger partial charge in [-0.25, -0.2) is 4.98 Å². The summed E-state index contributed by atoms with van der Waals surface area (Å²) in [6.45, 7) is 0.779. The number of rotatable bonds is 4. The van der Waals surface area contributed by atoms with Gasteiger partial charge in [0, 0.05) is 19.2 Å². The summed E-state index contributed by atoms with van der Waals surface area (Å²) in [5.41, 5.74) is 5.07. The van der Waals surface area contributed by atoms with Crippen LogP contribution in [0.4, 0.5) is 11.4 Å². The van der Waals surface area contributed by atoms with Crippen LogP contribution in [0.3, 0.4) is 0 Å². The zero-order chi connectivity index (χ0) is 13.3. The minimum Gasteiger partial charge on any atom is -0.329 e. The first-order valence-electron chi connectivity index (χ1n) is 5.02. The van der Waals surface area contributed by atoms with Crippen LogP contribution in [0.15, 0.2) is 18.5 Å². The van der Waals surface area contributed by atoms with Gasteiger partial charge in [-0.3, -0.25) is 20.2 Å². The number of nitrogens with zero attached hydrogens (tertiary/aromatic N) is 4. The molecule has 0 aliphatic carbocycles. The second-order valence-corrected chi connectivity index (χ2v) is 3.57. The molecule has 9 heteroatoms. The molecule has 1 aromatic heterocycles. The van der Waals surface area contributed by atoms with Crippen LogP contribution >= 0.6 is 0 Å². The molecule has 0 fully saturated rings. The Bertz CT molecular complexity index is 635. The molecular weight excluding hydrogens is 242 g/mol. The standard InChI is InChI=1S/C9H9N5O4/c10-1-2-12-5-11-6-3-8(13(15)16)9(14(17)18)4-7(6)12/h3-5H,1-2,10H2. The van der Waals surface area contributed by atoms with E-state index in [-0.39, 0.29) is 0 Å². The molecule has 0 spiro atoms. The molecule has 0 aliphatic rings. The van der Waals surface area contributed by atoms with E-state index in [2.05, 4.69) is 4.98 Å². The maximum atomic E-state index is 10.8. The van der Waals surface area contributed by atoms with Gasteiger partial charge in [-0.05, 0) is 0 Å². The fraction of sp³-hybridized carbons (Fsp3) is 0.222. The van der Waals surface area contributed by atoms with Crippen LogP contribution in [-0.2, 0) is 6.54 Å². The first-order valence-corrected chi connectivity index (χ1v) is 5.02. The molecule has 0 saturated heterocycles. The van der Waals surface area contributed by atoms with E-state index in [4.69, 9.17) is 5.73 Å². The van der Waals surface area contributed by atoms with E-state index >= 15 is 0 Å². The third-order valence-corrected chi connectivity index (χ3v) is 2.48. The first-order chi connectivity index (χ1) is 8.54. The molecule has 0 aliphatic heterocycles. The summed E-state index contributed by atoms with van der Waals surface area (Å²) in [6, 6.07) is 2.25. The normalized spacial score (nSPS) is 10.7. The van der Waals surface area contributed by atoms with E-state index in [1.54, 1.807) is 4.57 Å². The van der Waals surface area contributed by atoms with Gasteiger partial charge in [0.25, 0.3) is 0 Å². The van der Waals surface area contributed by atoms with Crippen molar-refractivity contribution < 1.29 is 9.85 Å². The van der Waals surface area contributed by atoms with Crippen molar-refractivity contribution in [1.29, 1.82) is 0 Å². The summed E-state index contributed by atoms with van der Waals surface area (Å²) in [6.07, 6.45) is 1.45. The lowest BCUT2D eigenvalue weighted by molar-refractivity contribution is -0.422. The molecule has 1 heterocycles. The van der Waals surface area contributed by atoms with E-state index in [0.717, 1.165) is 12.1 Å². The van der Waals surface area contributed by atoms with Crippen LogP contribution in [0.5, 0.6) is 0 Å². The molecule has 0 saturated carbocycles. The SMILES string of the molecule is NCCn1cnc2cc([N+](=O)[O-])c([N+](=O)[O-])cc21. The predicted molar refractivity (Wildman–Crippen MR) is 62.1 cm³/mol. The van der Waals surface area contributed by atoms with Crippen molar-refractivity contribution in [1.82, 2.24) is 9.55 Å². The number of imidazole rings is 1. The Morgan fingerprint density at radius 1 is 1.22 bits per heavy atom. The van der Waals surface area contributed by atoms with E-state index in [9.17, 15) is 20.2 Å². The van der Waals surface area contributed by atoms with Crippen LogP contribution in [-0.4, -0.2) is 25.9 Å². The third-order valence-electron chi connectivity index (χ3n) is 2.48. The number of hydrogen-bond donors (Lipinski definition) is 1. The van der Waals surface area contributed by atoms with Gasteiger partial charge in [0.05, 0.1) is 33.3 Å². The molecule has 2 aromatic rings. The lowest BCUT2D eigenvalue weighted by Crippen LogP contribution is -2.08. The summed E-state index contributed by atoms with van der Waals surface area (Å²) >= 11 is 0. The Kier molecular flexibility index (Phi) is 2.90. The number of hydrogen-bond acceptors (Lipinski definition) is 6. The van der Waals surface area contributed by atoms with Gasteiger partial charge < -0.3 is 10.3 Å². The summed E-state index contributed by atoms with van der Waals surface area (Å²) in [7, 11) is 0. The molecule has 0 bridgehead atoms. The predicted octanol–water partition coefficient (Wildman–Crippen LogP) is 0.811. The van der Waals surface area contributed by atoms with Crippen molar-refractivity contribution in [3.63, 3.8) is 0 Å². The minimum absolute atomic E-state index is 0.334. The minimum atomic E-state index is -0.792. The summed E-state index contributed by atoms with van der Waals surface area (Å²) in [5.74, 6) is 0. The average molecular weight is 251 g/mol. The van der Waals surface area contributed by atoms with E-state index in [0.29, 0.717) is 24.1 Å². The van der Waals surface area contributed by atoms with Gasteiger partial charge in [0.1, 0.15) is 0 Å². The molecule has 1 aromatic carbocycles. The first kappa shape index (κ1) is 11.9. The van der Waals surface area contributed by atoms with Crippen molar-refractivity contribution in [2.45, 2.75) is 6.54 Å². The van der Waals surface area contributed by atoms with Gasteiger partial charge in [-0.15, -0.1) is 0 Å². The van der Waals surface area contributed by atoms with Gasteiger partial charge in [0.2, 0.25) is 0 Å². The lowest BCUT2D eigenvalue weighted by atomic mass is 10.2. The van der Waals surface area contributed by atoms with Gasteiger partial charge in [0.15, 0.2) is 0 Å². The number of nitrogens with two attached hydrogens (primary N) is 1. The highest BCUT2D eigenvalue weighted by molar-refractivity contribution is 5.83. The Hall–Kier alpha value is -2.55. The third kappa shape index (κ3) is 1.86. The van der Waals surface area contributed by atoms with E-state index in [1.165, 1.54) is 6.33 Å². The zero-order valence-corrected chi connectivity index (χ0v) is 9.15. The average Bonchev–Trinajstić information content (AvgIpc) is 2.70. The number of nitro groups is 2. The highest BCUT2D eigenvalue weighted by Crippen LogP contribution is 2.31. The molecular formula is C9H9N5O4. The maximum Gasteiger partial charge on any atom is 0.348 e. The molecule has 2 rings (SSSR count).